The Morgan fingerprint density at radius 2 is 1.61 bits per heavy atom. The zero-order valence-corrected chi connectivity index (χ0v) is 16.1. The van der Waals surface area contributed by atoms with Gasteiger partial charge in [0.1, 0.15) is 0 Å². The first-order chi connectivity index (χ1) is 13.7. The molecule has 3 saturated heterocycles. The van der Waals surface area contributed by atoms with E-state index in [4.69, 9.17) is 0 Å². The van der Waals surface area contributed by atoms with Crippen molar-refractivity contribution in [3.63, 3.8) is 0 Å². The number of amides is 3. The van der Waals surface area contributed by atoms with E-state index in [0.717, 1.165) is 37.9 Å². The Kier molecular flexibility index (Phi) is 5.60. The molecule has 0 aliphatic carbocycles. The van der Waals surface area contributed by atoms with Crippen molar-refractivity contribution >= 4 is 11.9 Å². The van der Waals surface area contributed by atoms with Gasteiger partial charge in [-0.25, -0.2) is 4.79 Å². The van der Waals surface area contributed by atoms with Gasteiger partial charge in [0.05, 0.1) is 6.04 Å². The largest absolute Gasteiger partial charge is 0.338 e. The summed E-state index contributed by atoms with van der Waals surface area (Å²) in [5, 5.41) is 3.07. The second kappa shape index (κ2) is 8.46. The number of nitrogens with zero attached hydrogens (tertiary/aromatic N) is 2. The molecule has 5 heteroatoms. The maximum absolute atomic E-state index is 12.9. The van der Waals surface area contributed by atoms with Crippen LogP contribution >= 0.6 is 0 Å². The monoisotopic (exact) mass is 377 g/mol. The molecule has 28 heavy (non-hydrogen) atoms. The maximum atomic E-state index is 12.9. The summed E-state index contributed by atoms with van der Waals surface area (Å²) in [6.45, 7) is 2.72. The number of urea groups is 1. The zero-order valence-electron chi connectivity index (χ0n) is 16.1. The number of carbonyl (C=O) groups is 2. The minimum Gasteiger partial charge on any atom is -0.338 e. The van der Waals surface area contributed by atoms with E-state index in [1.54, 1.807) is 0 Å². The van der Waals surface area contributed by atoms with Crippen LogP contribution in [0.5, 0.6) is 0 Å². The van der Waals surface area contributed by atoms with Crippen molar-refractivity contribution in [3.05, 3.63) is 71.8 Å². The quantitative estimate of drug-likeness (QED) is 0.890. The van der Waals surface area contributed by atoms with Crippen LogP contribution in [0.3, 0.4) is 0 Å². The topological polar surface area (TPSA) is 52.7 Å². The molecule has 2 atom stereocenters. The molecular formula is C23H27N3O2. The summed E-state index contributed by atoms with van der Waals surface area (Å²) in [6.07, 6.45) is 2.87. The number of rotatable bonds is 4. The molecule has 5 rings (SSSR count). The van der Waals surface area contributed by atoms with E-state index in [1.165, 1.54) is 5.56 Å². The number of piperidine rings is 1. The third kappa shape index (κ3) is 4.19. The summed E-state index contributed by atoms with van der Waals surface area (Å²) >= 11 is 0. The molecule has 1 N–H and O–H groups in total. The van der Waals surface area contributed by atoms with Crippen LogP contribution < -0.4 is 5.32 Å². The lowest BCUT2D eigenvalue weighted by Gasteiger charge is -2.36. The molecule has 3 amide bonds. The Hall–Kier alpha value is -2.82. The van der Waals surface area contributed by atoms with E-state index in [-0.39, 0.29) is 18.0 Å². The van der Waals surface area contributed by atoms with Crippen molar-refractivity contribution in [2.24, 2.45) is 5.92 Å². The third-order valence-electron chi connectivity index (χ3n) is 5.82. The summed E-state index contributed by atoms with van der Waals surface area (Å²) in [4.78, 5) is 29.6. The van der Waals surface area contributed by atoms with Gasteiger partial charge in [-0.15, -0.1) is 0 Å². The molecule has 5 nitrogen and oxygen atoms in total. The molecule has 0 aromatic heterocycles. The minimum atomic E-state index is -0.000332. The first-order valence-corrected chi connectivity index (χ1v) is 10.1. The predicted octanol–water partition coefficient (Wildman–Crippen LogP) is 3.18. The van der Waals surface area contributed by atoms with Crippen molar-refractivity contribution in [1.82, 2.24) is 15.1 Å². The molecule has 3 aliphatic rings. The normalized spacial score (nSPS) is 21.3. The second-order valence-corrected chi connectivity index (χ2v) is 7.79. The van der Waals surface area contributed by atoms with E-state index in [2.05, 4.69) is 17.4 Å². The van der Waals surface area contributed by atoms with Crippen LogP contribution in [-0.2, 0) is 6.42 Å². The highest BCUT2D eigenvalue weighted by Crippen LogP contribution is 2.28. The van der Waals surface area contributed by atoms with Gasteiger partial charge in [0.2, 0.25) is 0 Å². The highest BCUT2D eigenvalue weighted by Gasteiger charge is 2.38. The van der Waals surface area contributed by atoms with Gasteiger partial charge >= 0.3 is 6.03 Å². The Bertz CT molecular complexity index is 809. The molecule has 3 aliphatic heterocycles. The average molecular weight is 377 g/mol. The fraction of sp³-hybridized carbons (Fsp3) is 0.391. The summed E-state index contributed by atoms with van der Waals surface area (Å²) in [5.41, 5.74) is 1.95. The van der Waals surface area contributed by atoms with Crippen LogP contribution in [0.15, 0.2) is 60.7 Å². The molecule has 0 unspecified atom stereocenters. The van der Waals surface area contributed by atoms with Crippen molar-refractivity contribution in [2.45, 2.75) is 25.3 Å². The minimum absolute atomic E-state index is 0.000332. The van der Waals surface area contributed by atoms with Crippen molar-refractivity contribution in [2.75, 3.05) is 26.2 Å². The van der Waals surface area contributed by atoms with E-state index < -0.39 is 0 Å². The SMILES string of the molecule is O=C(c1ccccc1)N1C[C@@H]2CC[C@H](C1)N(C(=O)NCCc1ccccc1)C2. The van der Waals surface area contributed by atoms with Gasteiger partial charge in [0, 0.05) is 31.7 Å². The van der Waals surface area contributed by atoms with Gasteiger partial charge in [-0.2, -0.15) is 0 Å². The first-order valence-electron chi connectivity index (χ1n) is 10.1. The van der Waals surface area contributed by atoms with Crippen LogP contribution in [0.1, 0.15) is 28.8 Å². The lowest BCUT2D eigenvalue weighted by atomic mass is 9.95. The number of carbonyl (C=O) groups excluding carboxylic acids is 2. The Morgan fingerprint density at radius 1 is 0.893 bits per heavy atom. The summed E-state index contributed by atoms with van der Waals surface area (Å²) < 4.78 is 0. The van der Waals surface area contributed by atoms with Gasteiger partial charge in [0.25, 0.3) is 5.91 Å². The lowest BCUT2D eigenvalue weighted by Crippen LogP contribution is -2.51. The standard InChI is InChI=1S/C23H27N3O2/c27-22(20-9-5-2-6-10-20)25-15-19-11-12-21(17-25)26(16-19)23(28)24-14-13-18-7-3-1-4-8-18/h1-10,19,21H,11-17H2,(H,24,28)/t19-,21+/m0/s1. The van der Waals surface area contributed by atoms with Crippen LogP contribution in [-0.4, -0.2) is 54.0 Å². The van der Waals surface area contributed by atoms with Crippen LogP contribution in [0, 0.1) is 5.92 Å². The van der Waals surface area contributed by atoms with Gasteiger partial charge in [-0.3, -0.25) is 4.79 Å². The molecular weight excluding hydrogens is 350 g/mol. The molecule has 0 radical (unpaired) electrons. The molecule has 2 bridgehead atoms. The Labute approximate surface area is 166 Å². The zero-order chi connectivity index (χ0) is 19.3. The van der Waals surface area contributed by atoms with Crippen LogP contribution in [0.25, 0.3) is 0 Å². The van der Waals surface area contributed by atoms with Crippen molar-refractivity contribution < 1.29 is 9.59 Å². The molecule has 0 saturated carbocycles. The maximum Gasteiger partial charge on any atom is 0.317 e. The average Bonchev–Trinajstić information content (AvgIpc) is 3.07. The summed E-state index contributed by atoms with van der Waals surface area (Å²) in [7, 11) is 0. The fourth-order valence-corrected chi connectivity index (χ4v) is 4.32. The molecule has 3 heterocycles. The number of fused-ring (bicyclic) bond motifs is 4. The number of hydrogen-bond acceptors (Lipinski definition) is 2. The number of nitrogens with one attached hydrogen (secondary N) is 1. The summed E-state index contributed by atoms with van der Waals surface area (Å²) in [6, 6.07) is 19.7. The molecule has 0 spiro atoms. The molecule has 2 aromatic rings. The highest BCUT2D eigenvalue weighted by molar-refractivity contribution is 5.94. The molecule has 146 valence electrons. The second-order valence-electron chi connectivity index (χ2n) is 7.79. The summed E-state index contributed by atoms with van der Waals surface area (Å²) in [5.74, 6) is 0.426. The number of benzene rings is 2. The third-order valence-corrected chi connectivity index (χ3v) is 5.82. The van der Waals surface area contributed by atoms with Gasteiger partial charge in [0.15, 0.2) is 0 Å². The van der Waals surface area contributed by atoms with Gasteiger partial charge in [-0.1, -0.05) is 48.5 Å². The van der Waals surface area contributed by atoms with Crippen molar-refractivity contribution in [1.29, 1.82) is 0 Å². The van der Waals surface area contributed by atoms with E-state index >= 15 is 0 Å². The van der Waals surface area contributed by atoms with Crippen LogP contribution in [0.4, 0.5) is 4.79 Å². The van der Waals surface area contributed by atoms with Crippen LogP contribution in [0.2, 0.25) is 0 Å². The van der Waals surface area contributed by atoms with E-state index in [0.29, 0.717) is 19.0 Å². The number of hydrogen-bond donors (Lipinski definition) is 1. The fourth-order valence-electron chi connectivity index (χ4n) is 4.32. The Morgan fingerprint density at radius 3 is 2.36 bits per heavy atom. The van der Waals surface area contributed by atoms with Crippen molar-refractivity contribution in [3.8, 4) is 0 Å². The lowest BCUT2D eigenvalue weighted by molar-refractivity contribution is 0.0742. The molecule has 3 fully saturated rings. The Balaban J connectivity index is 1.36. The highest BCUT2D eigenvalue weighted by atomic mass is 16.2. The smallest absolute Gasteiger partial charge is 0.317 e. The van der Waals surface area contributed by atoms with Gasteiger partial charge in [-0.05, 0) is 42.9 Å². The first kappa shape index (κ1) is 18.5. The predicted molar refractivity (Wildman–Crippen MR) is 109 cm³/mol. The van der Waals surface area contributed by atoms with E-state index in [1.807, 2.05) is 58.3 Å². The van der Waals surface area contributed by atoms with E-state index in [9.17, 15) is 9.59 Å². The molecule has 2 aromatic carbocycles. The van der Waals surface area contributed by atoms with Gasteiger partial charge < -0.3 is 15.1 Å².